The Morgan fingerprint density at radius 1 is 1.43 bits per heavy atom. The lowest BCUT2D eigenvalue weighted by Gasteiger charge is -2.11. The van der Waals surface area contributed by atoms with Crippen molar-refractivity contribution < 1.29 is 14.3 Å². The van der Waals surface area contributed by atoms with Crippen molar-refractivity contribution >= 4 is 11.8 Å². The first kappa shape index (κ1) is 11.2. The number of carbonyl (C=O) groups excluding carboxylic acids is 2. The number of ketones is 1. The molecule has 0 aromatic carbocycles. The van der Waals surface area contributed by atoms with Crippen LogP contribution in [0, 0.1) is 5.92 Å². The molecule has 3 heteroatoms. The van der Waals surface area contributed by atoms with Gasteiger partial charge in [-0.25, -0.2) is 0 Å². The molecule has 1 saturated carbocycles. The van der Waals surface area contributed by atoms with Crippen molar-refractivity contribution in [2.24, 2.45) is 5.92 Å². The van der Waals surface area contributed by atoms with Gasteiger partial charge in [0.05, 0.1) is 6.61 Å². The van der Waals surface area contributed by atoms with E-state index in [0.717, 1.165) is 19.3 Å². The van der Waals surface area contributed by atoms with Crippen molar-refractivity contribution in [3.8, 4) is 0 Å². The molecule has 0 aromatic heterocycles. The fraction of sp³-hybridized carbons (Fsp3) is 0.818. The Bertz CT molecular complexity index is 211. The Hall–Kier alpha value is -0.860. The predicted molar refractivity (Wildman–Crippen MR) is 52.8 cm³/mol. The van der Waals surface area contributed by atoms with Crippen molar-refractivity contribution in [3.63, 3.8) is 0 Å². The summed E-state index contributed by atoms with van der Waals surface area (Å²) in [5.41, 5.74) is 0. The van der Waals surface area contributed by atoms with Crippen LogP contribution in [0.25, 0.3) is 0 Å². The number of esters is 1. The third-order valence-electron chi connectivity index (χ3n) is 2.66. The van der Waals surface area contributed by atoms with Crippen molar-refractivity contribution in [3.05, 3.63) is 0 Å². The lowest BCUT2D eigenvalue weighted by molar-refractivity contribution is -0.144. The molecule has 80 valence electrons. The smallest absolute Gasteiger partial charge is 0.306 e. The molecular weight excluding hydrogens is 180 g/mol. The zero-order valence-corrected chi connectivity index (χ0v) is 8.75. The molecule has 14 heavy (non-hydrogen) atoms. The Morgan fingerprint density at radius 2 is 2.21 bits per heavy atom. The van der Waals surface area contributed by atoms with Gasteiger partial charge in [0.15, 0.2) is 0 Å². The molecule has 1 aliphatic rings. The monoisotopic (exact) mass is 198 g/mol. The van der Waals surface area contributed by atoms with E-state index in [4.69, 9.17) is 4.74 Å². The molecule has 1 fully saturated rings. The summed E-state index contributed by atoms with van der Waals surface area (Å²) in [5, 5.41) is 0. The van der Waals surface area contributed by atoms with Crippen LogP contribution in [0.1, 0.15) is 45.4 Å². The van der Waals surface area contributed by atoms with Gasteiger partial charge in [0.2, 0.25) is 0 Å². The number of hydrogen-bond acceptors (Lipinski definition) is 3. The molecule has 0 heterocycles. The summed E-state index contributed by atoms with van der Waals surface area (Å²) in [6, 6.07) is 0. The van der Waals surface area contributed by atoms with E-state index in [0.29, 0.717) is 37.6 Å². The minimum atomic E-state index is -0.119. The van der Waals surface area contributed by atoms with Crippen LogP contribution in [0.15, 0.2) is 0 Å². The molecule has 1 unspecified atom stereocenters. The first-order valence-electron chi connectivity index (χ1n) is 5.39. The van der Waals surface area contributed by atoms with Crippen molar-refractivity contribution in [2.75, 3.05) is 6.61 Å². The fourth-order valence-electron chi connectivity index (χ4n) is 1.88. The molecule has 1 atom stereocenters. The average Bonchev–Trinajstić information content (AvgIpc) is 2.32. The molecule has 0 saturated heterocycles. The van der Waals surface area contributed by atoms with Crippen molar-refractivity contribution in [1.82, 2.24) is 0 Å². The van der Waals surface area contributed by atoms with Gasteiger partial charge < -0.3 is 4.74 Å². The van der Waals surface area contributed by atoms with Crippen molar-refractivity contribution in [1.29, 1.82) is 0 Å². The zero-order chi connectivity index (χ0) is 10.4. The highest BCUT2D eigenvalue weighted by Gasteiger charge is 2.19. The Kier molecular flexibility index (Phi) is 4.63. The van der Waals surface area contributed by atoms with E-state index in [1.807, 2.05) is 6.92 Å². The minimum absolute atomic E-state index is 0.119. The van der Waals surface area contributed by atoms with Gasteiger partial charge in [-0.15, -0.1) is 0 Å². The molecule has 1 rings (SSSR count). The number of hydrogen-bond donors (Lipinski definition) is 0. The Morgan fingerprint density at radius 3 is 2.93 bits per heavy atom. The lowest BCUT2D eigenvalue weighted by atomic mass is 9.97. The van der Waals surface area contributed by atoms with Crippen LogP contribution in [-0.2, 0) is 14.3 Å². The van der Waals surface area contributed by atoms with E-state index in [1.165, 1.54) is 0 Å². The Balaban J connectivity index is 2.29. The van der Waals surface area contributed by atoms with Gasteiger partial charge in [0, 0.05) is 19.3 Å². The van der Waals surface area contributed by atoms with Crippen LogP contribution in [0.2, 0.25) is 0 Å². The van der Waals surface area contributed by atoms with E-state index in [9.17, 15) is 9.59 Å². The number of rotatable bonds is 3. The van der Waals surface area contributed by atoms with Gasteiger partial charge in [0.1, 0.15) is 5.78 Å². The second kappa shape index (κ2) is 5.78. The van der Waals surface area contributed by atoms with E-state index in [-0.39, 0.29) is 5.97 Å². The lowest BCUT2D eigenvalue weighted by Crippen LogP contribution is -2.11. The van der Waals surface area contributed by atoms with Crippen LogP contribution >= 0.6 is 0 Å². The second-order valence-corrected chi connectivity index (χ2v) is 3.84. The summed E-state index contributed by atoms with van der Waals surface area (Å²) in [6.45, 7) is 2.26. The highest BCUT2D eigenvalue weighted by atomic mass is 16.5. The second-order valence-electron chi connectivity index (χ2n) is 3.84. The minimum Gasteiger partial charge on any atom is -0.466 e. The first-order valence-corrected chi connectivity index (χ1v) is 5.39. The SMILES string of the molecule is CCOC(=O)CC1CCCC(=O)CC1. The standard InChI is InChI=1S/C11H18O3/c1-2-14-11(13)8-9-4-3-5-10(12)7-6-9/h9H,2-8H2,1H3. The maximum absolute atomic E-state index is 11.2. The predicted octanol–water partition coefficient (Wildman–Crippen LogP) is 2.09. The normalized spacial score (nSPS) is 22.9. The van der Waals surface area contributed by atoms with Gasteiger partial charge in [-0.2, -0.15) is 0 Å². The maximum Gasteiger partial charge on any atom is 0.306 e. The van der Waals surface area contributed by atoms with Gasteiger partial charge in [-0.1, -0.05) is 0 Å². The van der Waals surface area contributed by atoms with Crippen LogP contribution in [0.5, 0.6) is 0 Å². The molecule has 0 aromatic rings. The van der Waals surface area contributed by atoms with Gasteiger partial charge in [-0.05, 0) is 32.1 Å². The molecule has 0 bridgehead atoms. The summed E-state index contributed by atoms with van der Waals surface area (Å²) >= 11 is 0. The highest BCUT2D eigenvalue weighted by Crippen LogP contribution is 2.24. The maximum atomic E-state index is 11.2. The number of carbonyl (C=O) groups is 2. The summed E-state index contributed by atoms with van der Waals surface area (Å²) in [5.74, 6) is 0.587. The van der Waals surface area contributed by atoms with Gasteiger partial charge in [0.25, 0.3) is 0 Å². The summed E-state index contributed by atoms with van der Waals surface area (Å²) in [4.78, 5) is 22.3. The third kappa shape index (κ3) is 3.90. The topological polar surface area (TPSA) is 43.4 Å². The van der Waals surface area contributed by atoms with Gasteiger partial charge in [-0.3, -0.25) is 9.59 Å². The van der Waals surface area contributed by atoms with Crippen molar-refractivity contribution in [2.45, 2.75) is 45.4 Å². The average molecular weight is 198 g/mol. The Labute approximate surface area is 84.8 Å². The van der Waals surface area contributed by atoms with E-state index in [2.05, 4.69) is 0 Å². The number of Topliss-reactive ketones (excluding diaryl/α,β-unsaturated/α-hetero) is 1. The molecule has 0 aliphatic heterocycles. The molecule has 0 N–H and O–H groups in total. The van der Waals surface area contributed by atoms with Crippen LogP contribution in [0.4, 0.5) is 0 Å². The third-order valence-corrected chi connectivity index (χ3v) is 2.66. The summed E-state index contributed by atoms with van der Waals surface area (Å²) < 4.78 is 4.89. The number of ether oxygens (including phenoxy) is 1. The molecule has 3 nitrogen and oxygen atoms in total. The van der Waals surface area contributed by atoms with E-state index >= 15 is 0 Å². The van der Waals surface area contributed by atoms with Crippen LogP contribution in [-0.4, -0.2) is 18.4 Å². The quantitative estimate of drug-likeness (QED) is 0.515. The van der Waals surface area contributed by atoms with Gasteiger partial charge >= 0.3 is 5.97 Å². The fourth-order valence-corrected chi connectivity index (χ4v) is 1.88. The largest absolute Gasteiger partial charge is 0.466 e. The summed E-state index contributed by atoms with van der Waals surface area (Å²) in [6.07, 6.45) is 4.61. The van der Waals surface area contributed by atoms with Crippen LogP contribution < -0.4 is 0 Å². The van der Waals surface area contributed by atoms with E-state index in [1.54, 1.807) is 0 Å². The molecule has 0 spiro atoms. The first-order chi connectivity index (χ1) is 6.72. The van der Waals surface area contributed by atoms with Crippen LogP contribution in [0.3, 0.4) is 0 Å². The summed E-state index contributed by atoms with van der Waals surface area (Å²) in [7, 11) is 0. The molecular formula is C11H18O3. The van der Waals surface area contributed by atoms with E-state index < -0.39 is 0 Å². The molecule has 0 amide bonds. The highest BCUT2D eigenvalue weighted by molar-refractivity contribution is 5.78. The molecule has 0 radical (unpaired) electrons. The zero-order valence-electron chi connectivity index (χ0n) is 8.75. The molecule has 1 aliphatic carbocycles.